The van der Waals surface area contributed by atoms with Gasteiger partial charge in [0, 0.05) is 88.5 Å². The number of benzene rings is 2. The summed E-state index contributed by atoms with van der Waals surface area (Å²) in [5, 5.41) is 5.15. The zero-order chi connectivity index (χ0) is 41.9. The first-order chi connectivity index (χ1) is 28.8. The summed E-state index contributed by atoms with van der Waals surface area (Å²) in [5.41, 5.74) is 1.79. The van der Waals surface area contributed by atoms with Crippen molar-refractivity contribution in [2.75, 3.05) is 78.9 Å². The molecule has 5 amide bonds. The number of anilines is 4. The molecule has 60 heavy (non-hydrogen) atoms. The normalized spacial score (nSPS) is 22.3. The average Bonchev–Trinajstić information content (AvgIpc) is 3.46. The summed E-state index contributed by atoms with van der Waals surface area (Å²) in [6.45, 7) is 14.6. The van der Waals surface area contributed by atoms with Gasteiger partial charge in [0.05, 0.1) is 35.1 Å². The lowest BCUT2D eigenvalue weighted by Crippen LogP contribution is -2.63. The molecule has 2 aromatic carbocycles. The van der Waals surface area contributed by atoms with Gasteiger partial charge in [-0.05, 0) is 80.0 Å². The van der Waals surface area contributed by atoms with Gasteiger partial charge in [-0.1, -0.05) is 6.07 Å². The number of nitrogens with zero attached hydrogens (tertiary/aromatic N) is 7. The molecular formula is C43H44F3N9O5. The molecule has 1 aromatic heterocycles. The highest BCUT2D eigenvalue weighted by Gasteiger charge is 2.47. The van der Waals surface area contributed by atoms with E-state index in [0.29, 0.717) is 54.3 Å². The summed E-state index contributed by atoms with van der Waals surface area (Å²) >= 11 is 0. The van der Waals surface area contributed by atoms with E-state index in [-0.39, 0.29) is 30.2 Å². The van der Waals surface area contributed by atoms with Gasteiger partial charge < -0.3 is 24.9 Å². The first-order valence-corrected chi connectivity index (χ1v) is 20.5. The van der Waals surface area contributed by atoms with Gasteiger partial charge in [-0.15, -0.1) is 0 Å². The lowest BCUT2D eigenvalue weighted by molar-refractivity contribution is -0.137. The van der Waals surface area contributed by atoms with E-state index in [1.165, 1.54) is 12.1 Å². The molecule has 6 aliphatic rings. The lowest BCUT2D eigenvalue weighted by atomic mass is 9.71. The number of fused-ring (bicyclic) bond motifs is 1. The molecule has 9 rings (SSSR count). The van der Waals surface area contributed by atoms with Crippen LogP contribution < -0.4 is 25.3 Å². The van der Waals surface area contributed by atoms with E-state index in [0.717, 1.165) is 81.0 Å². The average molecular weight is 824 g/mol. The van der Waals surface area contributed by atoms with E-state index < -0.39 is 47.1 Å². The summed E-state index contributed by atoms with van der Waals surface area (Å²) in [6, 6.07) is 11.8. The topological polar surface area (TPSA) is 143 Å². The number of nitrogens with one attached hydrogen (secondary N) is 2. The van der Waals surface area contributed by atoms with Crippen LogP contribution in [-0.4, -0.2) is 109 Å². The Kier molecular flexibility index (Phi) is 10.0. The van der Waals surface area contributed by atoms with Gasteiger partial charge in [-0.2, -0.15) is 13.2 Å². The number of imide groups is 2. The van der Waals surface area contributed by atoms with Crippen LogP contribution in [0.4, 0.5) is 41.7 Å². The molecule has 17 heteroatoms. The summed E-state index contributed by atoms with van der Waals surface area (Å²) in [6.07, 6.45) is 0.515. The molecule has 312 valence electrons. The highest BCUT2D eigenvalue weighted by molar-refractivity contribution is 6.23. The molecule has 5 saturated heterocycles. The Labute approximate surface area is 344 Å². The maximum absolute atomic E-state index is 13.5. The number of aromatic nitrogens is 1. The minimum atomic E-state index is -4.62. The Morgan fingerprint density at radius 3 is 2.18 bits per heavy atom. The Morgan fingerprint density at radius 1 is 0.850 bits per heavy atom. The number of hydrogen-bond donors (Lipinski definition) is 2. The van der Waals surface area contributed by atoms with Crippen molar-refractivity contribution >= 4 is 58.1 Å². The van der Waals surface area contributed by atoms with Gasteiger partial charge in [0.2, 0.25) is 17.7 Å². The summed E-state index contributed by atoms with van der Waals surface area (Å²) in [5.74, 6) is -1.50. The van der Waals surface area contributed by atoms with Gasteiger partial charge in [0.1, 0.15) is 11.9 Å². The number of hydrogen-bond acceptors (Lipinski definition) is 10. The molecule has 0 saturated carbocycles. The molecule has 1 atom stereocenters. The number of pyridine rings is 1. The molecule has 7 heterocycles. The second-order valence-electron chi connectivity index (χ2n) is 17.1. The van der Waals surface area contributed by atoms with E-state index in [1.54, 1.807) is 18.3 Å². The van der Waals surface area contributed by atoms with Crippen molar-refractivity contribution in [3.8, 4) is 0 Å². The number of carbonyl (C=O) groups excluding carboxylic acids is 5. The maximum atomic E-state index is 13.5. The van der Waals surface area contributed by atoms with Crippen LogP contribution in [0.1, 0.15) is 64.8 Å². The van der Waals surface area contributed by atoms with Crippen molar-refractivity contribution in [3.63, 3.8) is 0 Å². The molecular weight excluding hydrogens is 780 g/mol. The Morgan fingerprint density at radius 2 is 1.52 bits per heavy atom. The van der Waals surface area contributed by atoms with Crippen LogP contribution in [0.25, 0.3) is 4.85 Å². The quantitative estimate of drug-likeness (QED) is 0.237. The molecule has 0 aliphatic carbocycles. The molecule has 1 spiro atoms. The van der Waals surface area contributed by atoms with Crippen LogP contribution in [-0.2, 0) is 20.6 Å². The molecule has 1 unspecified atom stereocenters. The van der Waals surface area contributed by atoms with Crippen molar-refractivity contribution in [1.29, 1.82) is 0 Å². The first kappa shape index (κ1) is 39.4. The molecule has 3 aromatic rings. The van der Waals surface area contributed by atoms with Crippen LogP contribution >= 0.6 is 0 Å². The van der Waals surface area contributed by atoms with Crippen LogP contribution in [0.15, 0.2) is 54.7 Å². The highest BCUT2D eigenvalue weighted by Crippen LogP contribution is 2.43. The van der Waals surface area contributed by atoms with Crippen molar-refractivity contribution in [3.05, 3.63) is 82.8 Å². The van der Waals surface area contributed by atoms with Crippen molar-refractivity contribution < 1.29 is 37.1 Å². The Balaban J connectivity index is 0.694. The third kappa shape index (κ3) is 7.41. The maximum Gasteiger partial charge on any atom is 0.407 e. The lowest BCUT2D eigenvalue weighted by Gasteiger charge is -2.56. The van der Waals surface area contributed by atoms with Crippen molar-refractivity contribution in [2.24, 2.45) is 17.3 Å². The molecule has 0 bridgehead atoms. The van der Waals surface area contributed by atoms with Gasteiger partial charge in [0.15, 0.2) is 5.69 Å². The second-order valence-corrected chi connectivity index (χ2v) is 17.1. The molecule has 2 N–H and O–H groups in total. The fourth-order valence-electron chi connectivity index (χ4n) is 9.82. The fraction of sp³-hybridized carbons (Fsp3) is 0.465. The number of rotatable bonds is 8. The molecule has 14 nitrogen and oxygen atoms in total. The predicted octanol–water partition coefficient (Wildman–Crippen LogP) is 4.95. The largest absolute Gasteiger partial charge is 0.407 e. The Hall–Kier alpha value is -6.02. The fourth-order valence-corrected chi connectivity index (χ4v) is 9.82. The van der Waals surface area contributed by atoms with Crippen molar-refractivity contribution in [2.45, 2.75) is 50.7 Å². The Bertz CT molecular complexity index is 2280. The zero-order valence-corrected chi connectivity index (χ0v) is 32.8. The minimum absolute atomic E-state index is 0.0824. The van der Waals surface area contributed by atoms with E-state index in [1.807, 2.05) is 23.1 Å². The molecule has 5 fully saturated rings. The zero-order valence-electron chi connectivity index (χ0n) is 32.8. The third-order valence-corrected chi connectivity index (χ3v) is 13.2. The number of likely N-dealkylation sites (tertiary alicyclic amines) is 1. The SMILES string of the molecule is [C-]#[N+]c1ccc(N2CCC(C(=O)Nc3ccc(N4CCC5(CC4)CN(CC4CN(c6ccc7c(c6)C(=O)N(C6CCC(=O)NC6=O)C7=O)C4)C5)cn3)CC2)cc1C(F)(F)F. The minimum Gasteiger partial charge on any atom is -0.372 e. The number of alkyl halides is 3. The van der Waals surface area contributed by atoms with Gasteiger partial charge in [0.25, 0.3) is 11.8 Å². The summed E-state index contributed by atoms with van der Waals surface area (Å²) in [7, 11) is 0. The van der Waals surface area contributed by atoms with Crippen LogP contribution in [0.3, 0.4) is 0 Å². The van der Waals surface area contributed by atoms with Crippen LogP contribution in [0.2, 0.25) is 0 Å². The van der Waals surface area contributed by atoms with E-state index in [4.69, 9.17) is 6.57 Å². The van der Waals surface area contributed by atoms with E-state index in [2.05, 4.69) is 35.2 Å². The number of halogens is 3. The van der Waals surface area contributed by atoms with Gasteiger partial charge in [-0.3, -0.25) is 34.2 Å². The summed E-state index contributed by atoms with van der Waals surface area (Å²) < 4.78 is 40.4. The molecule has 0 radical (unpaired) electrons. The smallest absolute Gasteiger partial charge is 0.372 e. The molecule has 6 aliphatic heterocycles. The van der Waals surface area contributed by atoms with E-state index >= 15 is 0 Å². The first-order valence-electron chi connectivity index (χ1n) is 20.5. The number of carbonyl (C=O) groups is 5. The predicted molar refractivity (Wildman–Crippen MR) is 215 cm³/mol. The van der Waals surface area contributed by atoms with Crippen LogP contribution in [0, 0.1) is 23.8 Å². The number of piperidine rings is 3. The van der Waals surface area contributed by atoms with E-state index in [9.17, 15) is 37.1 Å². The second kappa shape index (κ2) is 15.2. The standard InChI is InChI=1S/C43H44F3N9O5/c1-47-34-6-3-29(19-33(34)43(44,45)46)52-14-10-27(11-15-52)38(57)49-36-8-4-30(20-48-36)53-16-12-42(13-17-53)24-51(25-42)21-26-22-54(23-26)28-2-5-31-32(18-28)41(60)55(40(31)59)35-7-9-37(56)50-39(35)58/h2-6,8,18-20,26-27,35H,7,9-17,21-25H2,(H,48,49,57)(H,50,56,58). The van der Waals surface area contributed by atoms with Crippen molar-refractivity contribution in [1.82, 2.24) is 20.1 Å². The highest BCUT2D eigenvalue weighted by atomic mass is 19.4. The van der Waals surface area contributed by atoms with Crippen LogP contribution in [0.5, 0.6) is 0 Å². The third-order valence-electron chi connectivity index (χ3n) is 13.2. The van der Waals surface area contributed by atoms with Gasteiger partial charge in [-0.25, -0.2) is 9.83 Å². The number of amides is 5. The van der Waals surface area contributed by atoms with Gasteiger partial charge >= 0.3 is 6.18 Å². The monoisotopic (exact) mass is 823 g/mol. The summed E-state index contributed by atoms with van der Waals surface area (Å²) in [4.78, 5) is 80.8.